The lowest BCUT2D eigenvalue weighted by Crippen LogP contribution is -2.55. The highest BCUT2D eigenvalue weighted by molar-refractivity contribution is 5.76. The highest BCUT2D eigenvalue weighted by atomic mass is 16.1. The summed E-state index contributed by atoms with van der Waals surface area (Å²) in [7, 11) is 2.25. The van der Waals surface area contributed by atoms with E-state index >= 15 is 0 Å². The fourth-order valence-corrected chi connectivity index (χ4v) is 3.51. The van der Waals surface area contributed by atoms with Crippen LogP contribution in [0, 0.1) is 0 Å². The van der Waals surface area contributed by atoms with Crippen molar-refractivity contribution in [3.8, 4) is 0 Å². The molecule has 4 heteroatoms. The van der Waals surface area contributed by atoms with Crippen LogP contribution in [0.2, 0.25) is 0 Å². The predicted octanol–water partition coefficient (Wildman–Crippen LogP) is 1.51. The molecule has 2 bridgehead atoms. The minimum Gasteiger partial charge on any atom is -0.353 e. The third kappa shape index (κ3) is 4.18. The fourth-order valence-electron chi connectivity index (χ4n) is 3.51. The molecule has 0 aromatic rings. The van der Waals surface area contributed by atoms with Crippen molar-refractivity contribution in [2.75, 3.05) is 13.6 Å². The van der Waals surface area contributed by atoms with Crippen LogP contribution in [0.15, 0.2) is 0 Å². The molecular formula is C15H29N3O. The number of hydrogen-bond acceptors (Lipinski definition) is 3. The summed E-state index contributed by atoms with van der Waals surface area (Å²) in [5, 5.41) is 6.53. The summed E-state index contributed by atoms with van der Waals surface area (Å²) in [6.07, 6.45) is 6.83. The van der Waals surface area contributed by atoms with Crippen LogP contribution in [-0.4, -0.2) is 48.6 Å². The number of carbonyl (C=O) groups excluding carboxylic acids is 1. The SMILES string of the molecule is CC(C)NCCC(=O)NC1CC2CCCC(C1)N2C. The van der Waals surface area contributed by atoms with Crippen molar-refractivity contribution in [3.63, 3.8) is 0 Å². The number of carbonyl (C=O) groups is 1. The molecule has 1 amide bonds. The number of amides is 1. The minimum absolute atomic E-state index is 0.209. The zero-order chi connectivity index (χ0) is 13.8. The van der Waals surface area contributed by atoms with Gasteiger partial charge in [0, 0.05) is 37.1 Å². The van der Waals surface area contributed by atoms with Crippen LogP contribution >= 0.6 is 0 Å². The first-order chi connectivity index (χ1) is 9.06. The summed E-state index contributed by atoms with van der Waals surface area (Å²) < 4.78 is 0. The molecule has 0 aromatic heterocycles. The van der Waals surface area contributed by atoms with E-state index in [0.29, 0.717) is 30.6 Å². The Morgan fingerprint density at radius 2 is 1.89 bits per heavy atom. The third-order valence-corrected chi connectivity index (χ3v) is 4.61. The van der Waals surface area contributed by atoms with E-state index in [-0.39, 0.29) is 5.91 Å². The molecule has 0 spiro atoms. The number of hydrogen-bond donors (Lipinski definition) is 2. The maximum absolute atomic E-state index is 11.9. The van der Waals surface area contributed by atoms with Gasteiger partial charge in [-0.25, -0.2) is 0 Å². The van der Waals surface area contributed by atoms with Gasteiger partial charge in [0.15, 0.2) is 0 Å². The first-order valence-electron chi connectivity index (χ1n) is 7.81. The Hall–Kier alpha value is -0.610. The summed E-state index contributed by atoms with van der Waals surface area (Å²) in [5.74, 6) is 0.209. The lowest BCUT2D eigenvalue weighted by molar-refractivity contribution is -0.122. The highest BCUT2D eigenvalue weighted by Gasteiger charge is 2.36. The van der Waals surface area contributed by atoms with E-state index < -0.39 is 0 Å². The second-order valence-corrected chi connectivity index (χ2v) is 6.50. The molecule has 2 N–H and O–H groups in total. The molecule has 0 aromatic carbocycles. The molecule has 2 saturated heterocycles. The average molecular weight is 267 g/mol. The van der Waals surface area contributed by atoms with Gasteiger partial charge < -0.3 is 15.5 Å². The van der Waals surface area contributed by atoms with Crippen molar-refractivity contribution in [3.05, 3.63) is 0 Å². The summed E-state index contributed by atoms with van der Waals surface area (Å²) in [6.45, 7) is 5.00. The Balaban J connectivity index is 1.73. The van der Waals surface area contributed by atoms with E-state index in [0.717, 1.165) is 19.4 Å². The molecule has 0 radical (unpaired) electrons. The number of nitrogens with one attached hydrogen (secondary N) is 2. The zero-order valence-corrected chi connectivity index (χ0v) is 12.6. The molecule has 2 heterocycles. The molecule has 110 valence electrons. The molecular weight excluding hydrogens is 238 g/mol. The first-order valence-corrected chi connectivity index (χ1v) is 7.81. The molecule has 2 rings (SSSR count). The van der Waals surface area contributed by atoms with Gasteiger partial charge in [0.2, 0.25) is 5.91 Å². The Morgan fingerprint density at radius 1 is 1.26 bits per heavy atom. The van der Waals surface area contributed by atoms with Crippen LogP contribution in [0.25, 0.3) is 0 Å². The van der Waals surface area contributed by atoms with E-state index in [1.54, 1.807) is 0 Å². The van der Waals surface area contributed by atoms with Gasteiger partial charge >= 0.3 is 0 Å². The van der Waals surface area contributed by atoms with Crippen molar-refractivity contribution in [2.24, 2.45) is 0 Å². The smallest absolute Gasteiger partial charge is 0.221 e. The van der Waals surface area contributed by atoms with Crippen LogP contribution < -0.4 is 10.6 Å². The largest absolute Gasteiger partial charge is 0.353 e. The molecule has 2 aliphatic heterocycles. The van der Waals surface area contributed by atoms with Crippen LogP contribution in [0.1, 0.15) is 52.4 Å². The Labute approximate surface area is 117 Å². The molecule has 2 fully saturated rings. The summed E-state index contributed by atoms with van der Waals surface area (Å²) in [4.78, 5) is 14.5. The standard InChI is InChI=1S/C15H29N3O/c1-11(2)16-8-7-15(19)17-12-9-13-5-4-6-14(10-12)18(13)3/h11-14,16H,4-10H2,1-3H3,(H,17,19). The number of nitrogens with zero attached hydrogens (tertiary/aromatic N) is 1. The van der Waals surface area contributed by atoms with Crippen molar-refractivity contribution in [2.45, 2.75) is 76.5 Å². The van der Waals surface area contributed by atoms with Gasteiger partial charge in [-0.15, -0.1) is 0 Å². The predicted molar refractivity (Wildman–Crippen MR) is 78.1 cm³/mol. The topological polar surface area (TPSA) is 44.4 Å². The lowest BCUT2D eigenvalue weighted by Gasteiger charge is -2.47. The second-order valence-electron chi connectivity index (χ2n) is 6.50. The molecule has 0 aliphatic carbocycles. The Morgan fingerprint density at radius 3 is 2.47 bits per heavy atom. The Bertz CT molecular complexity index is 292. The monoisotopic (exact) mass is 267 g/mol. The van der Waals surface area contributed by atoms with Gasteiger partial charge in [0.25, 0.3) is 0 Å². The summed E-state index contributed by atoms with van der Waals surface area (Å²) in [6, 6.07) is 2.23. The molecule has 0 saturated carbocycles. The molecule has 19 heavy (non-hydrogen) atoms. The van der Waals surface area contributed by atoms with Crippen molar-refractivity contribution < 1.29 is 4.79 Å². The fraction of sp³-hybridized carbons (Fsp3) is 0.933. The van der Waals surface area contributed by atoms with E-state index in [1.165, 1.54) is 19.3 Å². The van der Waals surface area contributed by atoms with Gasteiger partial charge in [-0.2, -0.15) is 0 Å². The first kappa shape index (κ1) is 14.8. The number of rotatable bonds is 5. The molecule has 2 unspecified atom stereocenters. The van der Waals surface area contributed by atoms with Gasteiger partial charge in [0.05, 0.1) is 0 Å². The van der Waals surface area contributed by atoms with Crippen LogP contribution in [0.4, 0.5) is 0 Å². The average Bonchev–Trinajstić information content (AvgIpc) is 2.30. The van der Waals surface area contributed by atoms with E-state index in [9.17, 15) is 4.79 Å². The van der Waals surface area contributed by atoms with Crippen molar-refractivity contribution >= 4 is 5.91 Å². The van der Waals surface area contributed by atoms with E-state index in [1.807, 2.05) is 0 Å². The van der Waals surface area contributed by atoms with Crippen LogP contribution in [0.5, 0.6) is 0 Å². The zero-order valence-electron chi connectivity index (χ0n) is 12.6. The molecule has 2 atom stereocenters. The number of piperidine rings is 2. The number of fused-ring (bicyclic) bond motifs is 2. The quantitative estimate of drug-likeness (QED) is 0.793. The summed E-state index contributed by atoms with van der Waals surface area (Å²) >= 11 is 0. The highest BCUT2D eigenvalue weighted by Crippen LogP contribution is 2.32. The van der Waals surface area contributed by atoms with Gasteiger partial charge in [-0.3, -0.25) is 4.79 Å². The summed E-state index contributed by atoms with van der Waals surface area (Å²) in [5.41, 5.74) is 0. The van der Waals surface area contributed by atoms with Crippen LogP contribution in [0.3, 0.4) is 0 Å². The van der Waals surface area contributed by atoms with Gasteiger partial charge in [0.1, 0.15) is 0 Å². The Kier molecular flexibility index (Phi) is 5.22. The third-order valence-electron chi connectivity index (χ3n) is 4.61. The van der Waals surface area contributed by atoms with Crippen molar-refractivity contribution in [1.29, 1.82) is 0 Å². The maximum Gasteiger partial charge on any atom is 0.221 e. The van der Waals surface area contributed by atoms with Crippen LogP contribution in [-0.2, 0) is 4.79 Å². The van der Waals surface area contributed by atoms with E-state index in [4.69, 9.17) is 0 Å². The normalized spacial score (nSPS) is 31.5. The molecule has 4 nitrogen and oxygen atoms in total. The van der Waals surface area contributed by atoms with E-state index in [2.05, 4.69) is 36.4 Å². The van der Waals surface area contributed by atoms with Gasteiger partial charge in [-0.1, -0.05) is 20.3 Å². The molecule has 2 aliphatic rings. The lowest BCUT2D eigenvalue weighted by atomic mass is 9.82. The van der Waals surface area contributed by atoms with Crippen molar-refractivity contribution in [1.82, 2.24) is 15.5 Å². The minimum atomic E-state index is 0.209. The van der Waals surface area contributed by atoms with Gasteiger partial charge in [-0.05, 0) is 32.7 Å². The second kappa shape index (κ2) is 6.71. The maximum atomic E-state index is 11.9.